The summed E-state index contributed by atoms with van der Waals surface area (Å²) in [5, 5.41) is 7.81. The molecule has 1 aliphatic rings. The Balaban J connectivity index is 1.70. The number of benzene rings is 1. The summed E-state index contributed by atoms with van der Waals surface area (Å²) in [4.78, 5) is 19.0. The van der Waals surface area contributed by atoms with Crippen molar-refractivity contribution in [3.8, 4) is 11.4 Å². The van der Waals surface area contributed by atoms with Crippen molar-refractivity contribution in [2.45, 2.75) is 25.7 Å². The predicted octanol–water partition coefficient (Wildman–Crippen LogP) is 2.95. The van der Waals surface area contributed by atoms with E-state index in [-0.39, 0.29) is 17.7 Å². The summed E-state index contributed by atoms with van der Waals surface area (Å²) in [5.41, 5.74) is 0.866. The number of nitrogens with zero attached hydrogens (tertiary/aromatic N) is 3. The molecular formula is C18H23ClN4O2. The zero-order valence-corrected chi connectivity index (χ0v) is 15.3. The molecule has 1 aromatic carbocycles. The largest absolute Gasteiger partial charge is 0.342 e. The Bertz CT molecular complexity index is 716. The molecule has 0 aliphatic carbocycles. The number of halogens is 1. The first kappa shape index (κ1) is 17.9. The summed E-state index contributed by atoms with van der Waals surface area (Å²) in [5.74, 6) is 1.39. The highest BCUT2D eigenvalue weighted by Crippen LogP contribution is 2.28. The van der Waals surface area contributed by atoms with Gasteiger partial charge in [0.15, 0.2) is 0 Å². The van der Waals surface area contributed by atoms with Gasteiger partial charge in [-0.3, -0.25) is 4.79 Å². The van der Waals surface area contributed by atoms with E-state index in [0.29, 0.717) is 29.8 Å². The quantitative estimate of drug-likeness (QED) is 0.885. The Morgan fingerprint density at radius 2 is 2.20 bits per heavy atom. The van der Waals surface area contributed by atoms with Gasteiger partial charge in [-0.2, -0.15) is 4.98 Å². The Hall–Kier alpha value is -1.92. The van der Waals surface area contributed by atoms with E-state index in [1.807, 2.05) is 31.0 Å². The minimum Gasteiger partial charge on any atom is -0.342 e. The SMILES string of the molecule is CNCC(C)C(=O)N1CCCC(c2nc(-c3ccc(Cl)cc3)no2)C1. The van der Waals surface area contributed by atoms with Crippen LogP contribution in [0.3, 0.4) is 0 Å². The van der Waals surface area contributed by atoms with Crippen LogP contribution in [0.25, 0.3) is 11.4 Å². The van der Waals surface area contributed by atoms with Gasteiger partial charge in [0, 0.05) is 36.1 Å². The summed E-state index contributed by atoms with van der Waals surface area (Å²) in [6, 6.07) is 7.34. The maximum absolute atomic E-state index is 12.5. The molecule has 1 N–H and O–H groups in total. The molecule has 1 saturated heterocycles. The predicted molar refractivity (Wildman–Crippen MR) is 96.4 cm³/mol. The number of carbonyl (C=O) groups excluding carboxylic acids is 1. The van der Waals surface area contributed by atoms with E-state index in [0.717, 1.165) is 24.9 Å². The smallest absolute Gasteiger partial charge is 0.231 e. The van der Waals surface area contributed by atoms with Crippen molar-refractivity contribution in [2.24, 2.45) is 5.92 Å². The van der Waals surface area contributed by atoms with Crippen molar-refractivity contribution >= 4 is 17.5 Å². The van der Waals surface area contributed by atoms with Crippen molar-refractivity contribution in [3.05, 3.63) is 35.2 Å². The molecule has 1 aliphatic heterocycles. The summed E-state index contributed by atoms with van der Waals surface area (Å²) >= 11 is 5.91. The van der Waals surface area contributed by atoms with Gasteiger partial charge in [-0.1, -0.05) is 23.7 Å². The summed E-state index contributed by atoms with van der Waals surface area (Å²) in [6.45, 7) is 4.06. The first-order valence-corrected chi connectivity index (χ1v) is 8.99. The number of nitrogens with one attached hydrogen (secondary N) is 1. The van der Waals surface area contributed by atoms with Crippen LogP contribution in [-0.4, -0.2) is 47.6 Å². The van der Waals surface area contributed by atoms with Crippen LogP contribution in [0.1, 0.15) is 31.6 Å². The fourth-order valence-corrected chi connectivity index (χ4v) is 3.33. The monoisotopic (exact) mass is 362 g/mol. The molecule has 2 heterocycles. The second-order valence-corrected chi connectivity index (χ2v) is 6.98. The van der Waals surface area contributed by atoms with Gasteiger partial charge in [-0.15, -0.1) is 0 Å². The molecule has 2 unspecified atom stereocenters. The van der Waals surface area contributed by atoms with Gasteiger partial charge in [0.2, 0.25) is 17.6 Å². The van der Waals surface area contributed by atoms with Crippen molar-refractivity contribution in [1.82, 2.24) is 20.4 Å². The summed E-state index contributed by atoms with van der Waals surface area (Å²) < 4.78 is 5.48. The number of hydrogen-bond donors (Lipinski definition) is 1. The topological polar surface area (TPSA) is 71.3 Å². The zero-order chi connectivity index (χ0) is 17.8. The molecule has 7 heteroatoms. The first-order valence-electron chi connectivity index (χ1n) is 8.61. The van der Waals surface area contributed by atoms with Crippen LogP contribution in [0.15, 0.2) is 28.8 Å². The highest BCUT2D eigenvalue weighted by molar-refractivity contribution is 6.30. The van der Waals surface area contributed by atoms with E-state index in [2.05, 4.69) is 15.5 Å². The molecular weight excluding hydrogens is 340 g/mol. The van der Waals surface area contributed by atoms with Crippen LogP contribution in [0.5, 0.6) is 0 Å². The van der Waals surface area contributed by atoms with Crippen molar-refractivity contribution < 1.29 is 9.32 Å². The molecule has 6 nitrogen and oxygen atoms in total. The lowest BCUT2D eigenvalue weighted by molar-refractivity contribution is -0.136. The lowest BCUT2D eigenvalue weighted by Gasteiger charge is -2.32. The molecule has 0 spiro atoms. The van der Waals surface area contributed by atoms with E-state index in [1.165, 1.54) is 0 Å². The Kier molecular flexibility index (Phi) is 5.71. The third-order valence-corrected chi connectivity index (χ3v) is 4.81. The molecule has 0 saturated carbocycles. The molecule has 1 amide bonds. The molecule has 134 valence electrons. The molecule has 1 fully saturated rings. The van der Waals surface area contributed by atoms with Gasteiger partial charge in [0.25, 0.3) is 0 Å². The minimum absolute atomic E-state index is 0.0314. The van der Waals surface area contributed by atoms with Crippen LogP contribution < -0.4 is 5.32 Å². The molecule has 3 rings (SSSR count). The van der Waals surface area contributed by atoms with Gasteiger partial charge in [-0.05, 0) is 44.2 Å². The van der Waals surface area contributed by atoms with Crippen molar-refractivity contribution in [3.63, 3.8) is 0 Å². The van der Waals surface area contributed by atoms with Crippen LogP contribution in [-0.2, 0) is 4.79 Å². The Morgan fingerprint density at radius 3 is 2.92 bits per heavy atom. The minimum atomic E-state index is -0.0314. The van der Waals surface area contributed by atoms with E-state index in [4.69, 9.17) is 16.1 Å². The third-order valence-electron chi connectivity index (χ3n) is 4.56. The van der Waals surface area contributed by atoms with E-state index >= 15 is 0 Å². The molecule has 1 aromatic heterocycles. The molecule has 2 atom stereocenters. The highest BCUT2D eigenvalue weighted by atomic mass is 35.5. The van der Waals surface area contributed by atoms with Gasteiger partial charge >= 0.3 is 0 Å². The fourth-order valence-electron chi connectivity index (χ4n) is 3.20. The Labute approximate surface area is 152 Å². The van der Waals surface area contributed by atoms with Gasteiger partial charge in [0.05, 0.1) is 5.92 Å². The second kappa shape index (κ2) is 7.97. The average molecular weight is 363 g/mol. The number of carbonyl (C=O) groups is 1. The summed E-state index contributed by atoms with van der Waals surface area (Å²) in [7, 11) is 1.86. The van der Waals surface area contributed by atoms with Gasteiger partial charge < -0.3 is 14.7 Å². The number of piperidine rings is 1. The number of aromatic nitrogens is 2. The fraction of sp³-hybridized carbons (Fsp3) is 0.500. The first-order chi connectivity index (χ1) is 12.1. The number of rotatable bonds is 5. The van der Waals surface area contributed by atoms with Gasteiger partial charge in [-0.25, -0.2) is 0 Å². The van der Waals surface area contributed by atoms with Crippen LogP contribution in [0.2, 0.25) is 5.02 Å². The number of hydrogen-bond acceptors (Lipinski definition) is 5. The normalized spacial score (nSPS) is 19.0. The zero-order valence-electron chi connectivity index (χ0n) is 14.5. The van der Waals surface area contributed by atoms with Crippen molar-refractivity contribution in [1.29, 1.82) is 0 Å². The maximum Gasteiger partial charge on any atom is 0.231 e. The lowest BCUT2D eigenvalue weighted by Crippen LogP contribution is -2.43. The summed E-state index contributed by atoms with van der Waals surface area (Å²) in [6.07, 6.45) is 1.90. The lowest BCUT2D eigenvalue weighted by atomic mass is 9.96. The van der Waals surface area contributed by atoms with Crippen LogP contribution >= 0.6 is 11.6 Å². The second-order valence-electron chi connectivity index (χ2n) is 6.55. The van der Waals surface area contributed by atoms with Crippen molar-refractivity contribution in [2.75, 3.05) is 26.7 Å². The third kappa shape index (κ3) is 4.19. The van der Waals surface area contributed by atoms with Crippen LogP contribution in [0, 0.1) is 5.92 Å². The average Bonchev–Trinajstić information content (AvgIpc) is 3.12. The van der Waals surface area contributed by atoms with Crippen LogP contribution in [0.4, 0.5) is 0 Å². The molecule has 0 bridgehead atoms. The molecule has 0 radical (unpaired) electrons. The molecule has 25 heavy (non-hydrogen) atoms. The van der Waals surface area contributed by atoms with E-state index in [1.54, 1.807) is 12.1 Å². The van der Waals surface area contributed by atoms with E-state index in [9.17, 15) is 4.79 Å². The maximum atomic E-state index is 12.5. The number of amides is 1. The highest BCUT2D eigenvalue weighted by Gasteiger charge is 2.30. The standard InChI is InChI=1S/C18H23ClN4O2/c1-12(10-20-2)18(24)23-9-3-4-14(11-23)17-21-16(22-25-17)13-5-7-15(19)8-6-13/h5-8,12,14,20H,3-4,9-11H2,1-2H3. The van der Waals surface area contributed by atoms with E-state index < -0.39 is 0 Å². The number of likely N-dealkylation sites (tertiary alicyclic amines) is 1. The Morgan fingerprint density at radius 1 is 1.44 bits per heavy atom. The van der Waals surface area contributed by atoms with Gasteiger partial charge in [0.1, 0.15) is 0 Å². The molecule has 2 aromatic rings.